The van der Waals surface area contributed by atoms with Crippen LogP contribution < -0.4 is 0 Å². The van der Waals surface area contributed by atoms with E-state index in [1.54, 1.807) is 22.6 Å². The van der Waals surface area contributed by atoms with Gasteiger partial charge in [-0.15, -0.1) is 0 Å². The smallest absolute Gasteiger partial charge is 0.358 e. The lowest BCUT2D eigenvalue weighted by Crippen LogP contribution is -2.01. The molecule has 0 bridgehead atoms. The molecule has 0 saturated carbocycles. The Morgan fingerprint density at radius 3 is 2.57 bits per heavy atom. The molecule has 0 atom stereocenters. The second kappa shape index (κ2) is 4.11. The number of rotatable bonds is 2. The number of hydrogen-bond donors (Lipinski definition) is 0. The van der Waals surface area contributed by atoms with Gasteiger partial charge in [0.15, 0.2) is 5.69 Å². The van der Waals surface area contributed by atoms with Gasteiger partial charge in [-0.3, -0.25) is 0 Å². The van der Waals surface area contributed by atoms with Gasteiger partial charge in [0, 0.05) is 16.6 Å². The standard InChI is InChI=1S/C7H5F2IN2O2/c1-3-6(7(8)9)4(10)2-5(11-3)12(13)14/h2,7H,1H3. The number of pyridine rings is 1. The largest absolute Gasteiger partial charge is 0.364 e. The average molecular weight is 314 g/mol. The molecule has 1 aromatic rings. The highest BCUT2D eigenvalue weighted by molar-refractivity contribution is 14.1. The van der Waals surface area contributed by atoms with Crippen LogP contribution in [-0.2, 0) is 0 Å². The Labute approximate surface area is 91.6 Å². The minimum atomic E-state index is -2.66. The third-order valence-electron chi connectivity index (χ3n) is 1.59. The van der Waals surface area contributed by atoms with Crippen molar-refractivity contribution in [2.45, 2.75) is 13.3 Å². The molecular weight excluding hydrogens is 309 g/mol. The van der Waals surface area contributed by atoms with Gasteiger partial charge in [0.1, 0.15) is 0 Å². The summed E-state index contributed by atoms with van der Waals surface area (Å²) in [7, 11) is 0. The summed E-state index contributed by atoms with van der Waals surface area (Å²) in [6, 6.07) is 1.04. The zero-order valence-electron chi connectivity index (χ0n) is 7.00. The van der Waals surface area contributed by atoms with Gasteiger partial charge in [0.25, 0.3) is 6.43 Å². The highest BCUT2D eigenvalue weighted by atomic mass is 127. The normalized spacial score (nSPS) is 10.6. The summed E-state index contributed by atoms with van der Waals surface area (Å²) in [5.74, 6) is -0.406. The van der Waals surface area contributed by atoms with Crippen LogP contribution in [0.1, 0.15) is 17.7 Å². The minimum absolute atomic E-state index is 0.00130. The summed E-state index contributed by atoms with van der Waals surface area (Å²) >= 11 is 1.64. The van der Waals surface area contributed by atoms with E-state index >= 15 is 0 Å². The maximum absolute atomic E-state index is 12.4. The first kappa shape index (κ1) is 11.2. The molecule has 1 aromatic heterocycles. The van der Waals surface area contributed by atoms with E-state index in [0.29, 0.717) is 0 Å². The Morgan fingerprint density at radius 1 is 1.64 bits per heavy atom. The third-order valence-corrected chi connectivity index (χ3v) is 2.48. The van der Waals surface area contributed by atoms with E-state index < -0.39 is 17.2 Å². The number of nitro groups is 1. The van der Waals surface area contributed by atoms with Crippen molar-refractivity contribution in [3.05, 3.63) is 31.0 Å². The molecule has 14 heavy (non-hydrogen) atoms. The molecule has 0 aliphatic carbocycles. The van der Waals surface area contributed by atoms with Crippen LogP contribution in [0.2, 0.25) is 0 Å². The predicted octanol–water partition coefficient (Wildman–Crippen LogP) is 2.84. The van der Waals surface area contributed by atoms with Crippen molar-refractivity contribution in [2.24, 2.45) is 0 Å². The Bertz CT molecular complexity index is 361. The SMILES string of the molecule is Cc1nc([N+](=O)[O-])cc(I)c1C(F)F. The number of aromatic nitrogens is 1. The summed E-state index contributed by atoms with van der Waals surface area (Å²) in [5, 5.41) is 10.3. The molecular formula is C7H5F2IN2O2. The average Bonchev–Trinajstić information content (AvgIpc) is 2.01. The quantitative estimate of drug-likeness (QED) is 0.479. The van der Waals surface area contributed by atoms with Crippen molar-refractivity contribution in [2.75, 3.05) is 0 Å². The fraction of sp³-hybridized carbons (Fsp3) is 0.286. The van der Waals surface area contributed by atoms with Crippen LogP contribution in [0.15, 0.2) is 6.07 Å². The molecule has 1 heterocycles. The lowest BCUT2D eigenvalue weighted by atomic mass is 10.2. The fourth-order valence-corrected chi connectivity index (χ4v) is 1.89. The van der Waals surface area contributed by atoms with Crippen LogP contribution in [0.4, 0.5) is 14.6 Å². The lowest BCUT2D eigenvalue weighted by Gasteiger charge is -2.03. The number of nitrogens with zero attached hydrogens (tertiary/aromatic N) is 2. The van der Waals surface area contributed by atoms with Gasteiger partial charge in [-0.25, -0.2) is 8.78 Å². The Hall–Kier alpha value is -0.860. The van der Waals surface area contributed by atoms with E-state index in [4.69, 9.17) is 0 Å². The van der Waals surface area contributed by atoms with Crippen molar-refractivity contribution >= 4 is 28.4 Å². The highest BCUT2D eigenvalue weighted by Gasteiger charge is 2.22. The molecule has 0 aliphatic rings. The van der Waals surface area contributed by atoms with Crippen molar-refractivity contribution in [3.63, 3.8) is 0 Å². The first-order chi connectivity index (χ1) is 6.43. The molecule has 0 aliphatic heterocycles. The molecule has 4 nitrogen and oxygen atoms in total. The molecule has 0 aromatic carbocycles. The summed E-state index contributed by atoms with van der Waals surface area (Å²) in [6.07, 6.45) is -2.66. The molecule has 0 amide bonds. The van der Waals surface area contributed by atoms with Gasteiger partial charge in [0.2, 0.25) is 0 Å². The number of hydrogen-bond acceptors (Lipinski definition) is 3. The van der Waals surface area contributed by atoms with Gasteiger partial charge in [0.05, 0.1) is 5.56 Å². The second-order valence-corrected chi connectivity index (χ2v) is 3.68. The number of aryl methyl sites for hydroxylation is 1. The predicted molar refractivity (Wildman–Crippen MR) is 53.3 cm³/mol. The monoisotopic (exact) mass is 314 g/mol. The fourth-order valence-electron chi connectivity index (χ4n) is 0.984. The molecule has 0 fully saturated rings. The summed E-state index contributed by atoms with van der Waals surface area (Å²) < 4.78 is 25.0. The third kappa shape index (κ3) is 2.14. The van der Waals surface area contributed by atoms with Crippen LogP contribution in [0.25, 0.3) is 0 Å². The zero-order valence-corrected chi connectivity index (χ0v) is 9.16. The second-order valence-electron chi connectivity index (χ2n) is 2.52. The highest BCUT2D eigenvalue weighted by Crippen LogP contribution is 2.28. The van der Waals surface area contributed by atoms with Gasteiger partial charge in [-0.05, 0) is 32.5 Å². The van der Waals surface area contributed by atoms with Crippen molar-refractivity contribution in [1.82, 2.24) is 4.98 Å². The Morgan fingerprint density at radius 2 is 2.21 bits per heavy atom. The van der Waals surface area contributed by atoms with E-state index in [-0.39, 0.29) is 14.8 Å². The van der Waals surface area contributed by atoms with E-state index in [0.717, 1.165) is 6.07 Å². The van der Waals surface area contributed by atoms with Crippen LogP contribution in [0, 0.1) is 20.6 Å². The van der Waals surface area contributed by atoms with Crippen LogP contribution >= 0.6 is 22.6 Å². The van der Waals surface area contributed by atoms with Gasteiger partial charge >= 0.3 is 5.82 Å². The number of halogens is 3. The summed E-state index contributed by atoms with van der Waals surface area (Å²) in [4.78, 5) is 13.1. The Balaban J connectivity index is 3.32. The molecule has 76 valence electrons. The minimum Gasteiger partial charge on any atom is -0.358 e. The molecule has 0 spiro atoms. The maximum atomic E-state index is 12.4. The zero-order chi connectivity index (χ0) is 10.9. The van der Waals surface area contributed by atoms with Crippen molar-refractivity contribution in [3.8, 4) is 0 Å². The van der Waals surface area contributed by atoms with Crippen molar-refractivity contribution in [1.29, 1.82) is 0 Å². The van der Waals surface area contributed by atoms with E-state index in [1.165, 1.54) is 6.92 Å². The van der Waals surface area contributed by atoms with Gasteiger partial charge in [-0.2, -0.15) is 0 Å². The van der Waals surface area contributed by atoms with E-state index in [9.17, 15) is 18.9 Å². The summed E-state index contributed by atoms with van der Waals surface area (Å²) in [6.45, 7) is 1.33. The topological polar surface area (TPSA) is 56.0 Å². The molecule has 0 unspecified atom stereocenters. The van der Waals surface area contributed by atoms with Gasteiger partial charge in [-0.1, -0.05) is 0 Å². The van der Waals surface area contributed by atoms with Gasteiger partial charge < -0.3 is 10.1 Å². The molecule has 0 N–H and O–H groups in total. The first-order valence-corrected chi connectivity index (χ1v) is 4.61. The molecule has 7 heteroatoms. The van der Waals surface area contributed by atoms with Crippen LogP contribution in [0.5, 0.6) is 0 Å². The molecule has 1 rings (SSSR count). The molecule has 0 saturated heterocycles. The maximum Gasteiger partial charge on any atom is 0.364 e. The summed E-state index contributed by atoms with van der Waals surface area (Å²) in [5.41, 5.74) is -0.241. The first-order valence-electron chi connectivity index (χ1n) is 3.53. The lowest BCUT2D eigenvalue weighted by molar-refractivity contribution is -0.389. The van der Waals surface area contributed by atoms with Crippen LogP contribution in [-0.4, -0.2) is 9.91 Å². The molecule has 0 radical (unpaired) electrons. The van der Waals surface area contributed by atoms with Crippen LogP contribution in [0.3, 0.4) is 0 Å². The number of alkyl halides is 2. The Kier molecular flexibility index (Phi) is 3.29. The van der Waals surface area contributed by atoms with E-state index in [2.05, 4.69) is 4.98 Å². The van der Waals surface area contributed by atoms with Crippen molar-refractivity contribution < 1.29 is 13.7 Å². The van der Waals surface area contributed by atoms with E-state index in [1.807, 2.05) is 0 Å².